The highest BCUT2D eigenvalue weighted by Crippen LogP contribution is 2.30. The zero-order valence-electron chi connectivity index (χ0n) is 14.7. The van der Waals surface area contributed by atoms with E-state index in [1.54, 1.807) is 7.11 Å². The Labute approximate surface area is 143 Å². The van der Waals surface area contributed by atoms with Crippen molar-refractivity contribution in [2.45, 2.75) is 44.9 Å². The number of benzene rings is 1. The van der Waals surface area contributed by atoms with Gasteiger partial charge < -0.3 is 15.2 Å². The van der Waals surface area contributed by atoms with Gasteiger partial charge in [-0.1, -0.05) is 32.4 Å². The largest absolute Gasteiger partial charge is 0.497 e. The summed E-state index contributed by atoms with van der Waals surface area (Å²) in [7, 11) is 1.63. The number of aliphatic carboxylic acids is 1. The molecule has 0 aromatic heterocycles. The van der Waals surface area contributed by atoms with Crippen LogP contribution in [0.5, 0.6) is 5.75 Å². The van der Waals surface area contributed by atoms with Crippen LogP contribution in [0, 0.1) is 11.8 Å². The predicted molar refractivity (Wildman–Crippen MR) is 92.1 cm³/mol. The number of amides is 1. The Morgan fingerprint density at radius 3 is 2.42 bits per heavy atom. The van der Waals surface area contributed by atoms with Crippen molar-refractivity contribution in [2.24, 2.45) is 11.8 Å². The number of rotatable bonds is 6. The van der Waals surface area contributed by atoms with Gasteiger partial charge in [0.15, 0.2) is 0 Å². The first-order valence-corrected chi connectivity index (χ1v) is 8.48. The lowest BCUT2D eigenvalue weighted by Crippen LogP contribution is -2.41. The molecule has 1 aliphatic rings. The summed E-state index contributed by atoms with van der Waals surface area (Å²) < 4.78 is 5.17. The maximum Gasteiger partial charge on any atom is 0.306 e. The zero-order valence-corrected chi connectivity index (χ0v) is 14.7. The smallest absolute Gasteiger partial charge is 0.306 e. The lowest BCUT2D eigenvalue weighted by molar-refractivity contribution is -0.144. The molecule has 1 aromatic carbocycles. The van der Waals surface area contributed by atoms with Crippen LogP contribution in [0.25, 0.3) is 0 Å². The molecule has 0 bridgehead atoms. The molecule has 5 heteroatoms. The molecule has 0 saturated heterocycles. The summed E-state index contributed by atoms with van der Waals surface area (Å²) in [6, 6.07) is 7.84. The maximum absolute atomic E-state index is 12.4. The maximum atomic E-state index is 12.4. The fourth-order valence-corrected chi connectivity index (χ4v) is 3.25. The lowest BCUT2D eigenvalue weighted by Gasteiger charge is -2.29. The summed E-state index contributed by atoms with van der Waals surface area (Å²) in [5.74, 6) is -0.579. The van der Waals surface area contributed by atoms with E-state index in [1.807, 2.05) is 24.3 Å². The second-order valence-corrected chi connectivity index (χ2v) is 7.23. The van der Waals surface area contributed by atoms with Gasteiger partial charge in [0.25, 0.3) is 0 Å². The van der Waals surface area contributed by atoms with E-state index in [0.29, 0.717) is 19.4 Å². The van der Waals surface area contributed by atoms with E-state index in [9.17, 15) is 9.59 Å². The van der Waals surface area contributed by atoms with Crippen LogP contribution in [0.1, 0.15) is 45.1 Å². The quantitative estimate of drug-likeness (QED) is 0.839. The lowest BCUT2D eigenvalue weighted by atomic mass is 9.80. The van der Waals surface area contributed by atoms with Crippen LogP contribution in [0.4, 0.5) is 0 Å². The normalized spacial score (nSPS) is 21.1. The molecule has 0 heterocycles. The number of methoxy groups -OCH3 is 1. The van der Waals surface area contributed by atoms with Gasteiger partial charge in [-0.3, -0.25) is 9.59 Å². The van der Waals surface area contributed by atoms with Crippen molar-refractivity contribution in [3.05, 3.63) is 29.8 Å². The minimum Gasteiger partial charge on any atom is -0.497 e. The van der Waals surface area contributed by atoms with Crippen molar-refractivity contribution >= 4 is 11.9 Å². The first kappa shape index (κ1) is 18.3. The summed E-state index contributed by atoms with van der Waals surface area (Å²) in [6.07, 6.45) is 2.70. The van der Waals surface area contributed by atoms with Crippen LogP contribution in [0.2, 0.25) is 0 Å². The van der Waals surface area contributed by atoms with Gasteiger partial charge in [0, 0.05) is 17.9 Å². The van der Waals surface area contributed by atoms with Crippen LogP contribution >= 0.6 is 0 Å². The minimum atomic E-state index is -0.786. The van der Waals surface area contributed by atoms with Crippen molar-refractivity contribution in [3.8, 4) is 5.75 Å². The topological polar surface area (TPSA) is 75.6 Å². The molecule has 5 nitrogen and oxygen atoms in total. The molecular weight excluding hydrogens is 306 g/mol. The van der Waals surface area contributed by atoms with E-state index >= 15 is 0 Å². The molecule has 2 N–H and O–H groups in total. The zero-order chi connectivity index (χ0) is 17.7. The van der Waals surface area contributed by atoms with Crippen molar-refractivity contribution in [1.29, 1.82) is 0 Å². The van der Waals surface area contributed by atoms with Crippen LogP contribution in [-0.4, -0.2) is 30.6 Å². The molecule has 1 fully saturated rings. The van der Waals surface area contributed by atoms with Crippen LogP contribution in [0.3, 0.4) is 0 Å². The van der Waals surface area contributed by atoms with Gasteiger partial charge in [-0.15, -0.1) is 0 Å². The average molecular weight is 333 g/mol. The summed E-state index contributed by atoms with van der Waals surface area (Å²) in [5.41, 5.74) is 0.915. The van der Waals surface area contributed by atoms with Crippen molar-refractivity contribution < 1.29 is 19.4 Å². The Morgan fingerprint density at radius 1 is 1.21 bits per heavy atom. The van der Waals surface area contributed by atoms with Crippen molar-refractivity contribution in [3.63, 3.8) is 0 Å². The first-order chi connectivity index (χ1) is 11.3. The van der Waals surface area contributed by atoms with Gasteiger partial charge in [-0.25, -0.2) is 0 Å². The summed E-state index contributed by atoms with van der Waals surface area (Å²) in [5, 5.41) is 12.2. The number of carbonyl (C=O) groups is 2. The third-order valence-electron chi connectivity index (χ3n) is 4.97. The van der Waals surface area contributed by atoms with Gasteiger partial charge in [0.1, 0.15) is 5.75 Å². The predicted octanol–water partition coefficient (Wildman–Crippen LogP) is 2.98. The summed E-state index contributed by atoms with van der Waals surface area (Å²) in [6.45, 7) is 4.68. The molecule has 2 rings (SSSR count). The van der Waals surface area contributed by atoms with E-state index in [1.165, 1.54) is 0 Å². The first-order valence-electron chi connectivity index (χ1n) is 8.48. The molecule has 1 saturated carbocycles. The number of nitrogens with one attached hydrogen (secondary N) is 1. The third kappa shape index (κ3) is 4.49. The van der Waals surface area contributed by atoms with E-state index in [-0.39, 0.29) is 23.2 Å². The molecule has 24 heavy (non-hydrogen) atoms. The van der Waals surface area contributed by atoms with Crippen LogP contribution < -0.4 is 10.1 Å². The van der Waals surface area contributed by atoms with Gasteiger partial charge in [0.05, 0.1) is 13.0 Å². The third-order valence-corrected chi connectivity index (χ3v) is 4.97. The molecule has 0 spiro atoms. The average Bonchev–Trinajstić information content (AvgIpc) is 2.60. The van der Waals surface area contributed by atoms with Crippen LogP contribution in [0.15, 0.2) is 24.3 Å². The molecule has 1 aromatic rings. The molecule has 0 radical (unpaired) electrons. The molecule has 2 unspecified atom stereocenters. The van der Waals surface area contributed by atoms with Crippen molar-refractivity contribution in [1.82, 2.24) is 5.32 Å². The van der Waals surface area contributed by atoms with E-state index in [2.05, 4.69) is 19.2 Å². The molecule has 0 aliphatic heterocycles. The molecular formula is C19H27NO4. The fraction of sp³-hybridized carbons (Fsp3) is 0.579. The number of carbonyl (C=O) groups excluding carboxylic acids is 1. The molecule has 1 amide bonds. The SMILES string of the molecule is COc1ccc(C(C)(C)CNC(=O)C2CCCC(C(=O)O)C2)cc1. The van der Waals surface area contributed by atoms with E-state index in [4.69, 9.17) is 9.84 Å². The Bertz CT molecular complexity index is 580. The Morgan fingerprint density at radius 2 is 1.83 bits per heavy atom. The standard InChI is InChI=1S/C19H27NO4/c1-19(2,15-7-9-16(24-3)10-8-15)12-20-17(21)13-5-4-6-14(11-13)18(22)23/h7-10,13-14H,4-6,11-12H2,1-3H3,(H,20,21)(H,22,23). The van der Waals surface area contributed by atoms with Crippen LogP contribution in [-0.2, 0) is 15.0 Å². The van der Waals surface area contributed by atoms with Gasteiger partial charge in [-0.2, -0.15) is 0 Å². The summed E-state index contributed by atoms with van der Waals surface area (Å²) >= 11 is 0. The second-order valence-electron chi connectivity index (χ2n) is 7.23. The molecule has 1 aliphatic carbocycles. The molecule has 2 atom stereocenters. The monoisotopic (exact) mass is 333 g/mol. The highest BCUT2D eigenvalue weighted by Gasteiger charge is 2.32. The fourth-order valence-electron chi connectivity index (χ4n) is 3.25. The Balaban J connectivity index is 1.92. The Kier molecular flexibility index (Phi) is 5.86. The number of hydrogen-bond acceptors (Lipinski definition) is 3. The van der Waals surface area contributed by atoms with E-state index in [0.717, 1.165) is 24.2 Å². The van der Waals surface area contributed by atoms with Crippen molar-refractivity contribution in [2.75, 3.05) is 13.7 Å². The minimum absolute atomic E-state index is 0.0254. The highest BCUT2D eigenvalue weighted by atomic mass is 16.5. The Hall–Kier alpha value is -2.04. The summed E-state index contributed by atoms with van der Waals surface area (Å²) in [4.78, 5) is 23.6. The number of hydrogen-bond donors (Lipinski definition) is 2. The number of carboxylic acid groups (broad SMARTS) is 1. The van der Waals surface area contributed by atoms with Gasteiger partial charge in [0.2, 0.25) is 5.91 Å². The highest BCUT2D eigenvalue weighted by molar-refractivity contribution is 5.80. The molecule has 132 valence electrons. The number of ether oxygens (including phenoxy) is 1. The van der Waals surface area contributed by atoms with E-state index < -0.39 is 5.97 Å². The van der Waals surface area contributed by atoms with Gasteiger partial charge >= 0.3 is 5.97 Å². The number of carboxylic acids is 1. The van der Waals surface area contributed by atoms with Gasteiger partial charge in [-0.05, 0) is 37.0 Å². The second kappa shape index (κ2) is 7.69.